The normalized spacial score (nSPS) is 10.4. The first-order valence-electron chi connectivity index (χ1n) is 9.94. The van der Waals surface area contributed by atoms with Crippen molar-refractivity contribution in [3.63, 3.8) is 0 Å². The van der Waals surface area contributed by atoms with Gasteiger partial charge >= 0.3 is 0 Å². The van der Waals surface area contributed by atoms with Gasteiger partial charge in [-0.2, -0.15) is 0 Å². The number of amides is 2. The van der Waals surface area contributed by atoms with E-state index < -0.39 is 0 Å². The molecule has 2 N–H and O–H groups in total. The first kappa shape index (κ1) is 20.9. The molecular weight excluding hydrogens is 406 g/mol. The van der Waals surface area contributed by atoms with Crippen LogP contribution in [0.1, 0.15) is 10.4 Å². The van der Waals surface area contributed by atoms with Crippen molar-refractivity contribution in [1.82, 2.24) is 4.98 Å². The van der Waals surface area contributed by atoms with Gasteiger partial charge in [0.25, 0.3) is 11.8 Å². The Hall–Kier alpha value is -4.39. The van der Waals surface area contributed by atoms with Gasteiger partial charge in [0.1, 0.15) is 11.5 Å². The fourth-order valence-corrected chi connectivity index (χ4v) is 3.15. The number of nitrogens with one attached hydrogen (secondary N) is 2. The van der Waals surface area contributed by atoms with Crippen LogP contribution in [0.15, 0.2) is 85.1 Å². The summed E-state index contributed by atoms with van der Waals surface area (Å²) in [5.41, 5.74) is 2.45. The van der Waals surface area contributed by atoms with Gasteiger partial charge in [-0.3, -0.25) is 14.6 Å². The molecule has 7 heteroatoms. The number of methoxy groups -OCH3 is 1. The van der Waals surface area contributed by atoms with Gasteiger partial charge in [-0.05, 0) is 48.5 Å². The number of aromatic nitrogens is 1. The molecule has 1 heterocycles. The van der Waals surface area contributed by atoms with E-state index in [9.17, 15) is 9.59 Å². The van der Waals surface area contributed by atoms with Crippen LogP contribution in [0.4, 0.5) is 11.4 Å². The van der Waals surface area contributed by atoms with Crippen LogP contribution >= 0.6 is 0 Å². The largest absolute Gasteiger partial charge is 0.497 e. The molecule has 0 spiro atoms. The molecule has 4 rings (SSSR count). The molecule has 0 fully saturated rings. The minimum absolute atomic E-state index is 0.162. The second-order valence-electron chi connectivity index (χ2n) is 6.93. The fraction of sp³-hybridized carbons (Fsp3) is 0.0800. The van der Waals surface area contributed by atoms with Crippen LogP contribution in [0, 0.1) is 0 Å². The number of fused-ring (bicyclic) bond motifs is 1. The molecule has 2 amide bonds. The lowest BCUT2D eigenvalue weighted by Gasteiger charge is -2.10. The number of rotatable bonds is 7. The Balaban J connectivity index is 1.34. The van der Waals surface area contributed by atoms with E-state index in [0.717, 1.165) is 10.9 Å². The molecule has 1 aromatic heterocycles. The Labute approximate surface area is 185 Å². The van der Waals surface area contributed by atoms with Crippen molar-refractivity contribution in [2.24, 2.45) is 0 Å². The molecule has 0 unspecified atom stereocenters. The van der Waals surface area contributed by atoms with E-state index in [1.54, 1.807) is 61.8 Å². The quantitative estimate of drug-likeness (QED) is 0.453. The van der Waals surface area contributed by atoms with Crippen molar-refractivity contribution in [3.05, 3.63) is 90.6 Å². The summed E-state index contributed by atoms with van der Waals surface area (Å²) in [5.74, 6) is 0.569. The molecule has 0 atom stereocenters. The zero-order chi connectivity index (χ0) is 22.3. The summed E-state index contributed by atoms with van der Waals surface area (Å²) in [6.07, 6.45) is 1.69. The van der Waals surface area contributed by atoms with Crippen LogP contribution in [0.2, 0.25) is 0 Å². The lowest BCUT2D eigenvalue weighted by atomic mass is 10.1. The van der Waals surface area contributed by atoms with Gasteiger partial charge < -0.3 is 20.1 Å². The van der Waals surface area contributed by atoms with Gasteiger partial charge in [0.15, 0.2) is 6.61 Å². The molecular formula is C25H21N3O4. The molecule has 0 aliphatic heterocycles. The number of para-hydroxylation sites is 1. The van der Waals surface area contributed by atoms with Crippen LogP contribution in [0.25, 0.3) is 10.9 Å². The smallest absolute Gasteiger partial charge is 0.262 e. The summed E-state index contributed by atoms with van der Waals surface area (Å²) in [7, 11) is 1.56. The van der Waals surface area contributed by atoms with Crippen LogP contribution in [-0.2, 0) is 4.79 Å². The standard InChI is InChI=1S/C25H21N3O4/c1-31-21-8-3-7-19(15-21)27-23(29)16-32-20-12-10-18(11-13-20)25(30)28-22-9-2-5-17-6-4-14-26-24(17)22/h2-15H,16H2,1H3,(H,27,29)(H,28,30). The number of benzene rings is 3. The first-order chi connectivity index (χ1) is 15.6. The Bertz CT molecular complexity index is 1250. The molecule has 0 saturated carbocycles. The van der Waals surface area contributed by atoms with Crippen molar-refractivity contribution in [1.29, 1.82) is 0 Å². The second kappa shape index (κ2) is 9.61. The second-order valence-corrected chi connectivity index (χ2v) is 6.93. The zero-order valence-corrected chi connectivity index (χ0v) is 17.4. The van der Waals surface area contributed by atoms with Crippen LogP contribution in [0.5, 0.6) is 11.5 Å². The molecule has 0 aliphatic carbocycles. The maximum Gasteiger partial charge on any atom is 0.262 e. The zero-order valence-electron chi connectivity index (χ0n) is 17.4. The predicted octanol–water partition coefficient (Wildman–Crippen LogP) is 4.51. The highest BCUT2D eigenvalue weighted by atomic mass is 16.5. The van der Waals surface area contributed by atoms with Crippen molar-refractivity contribution < 1.29 is 19.1 Å². The SMILES string of the molecule is COc1cccc(NC(=O)COc2ccc(C(=O)Nc3cccc4cccnc34)cc2)c1. The molecule has 4 aromatic rings. The summed E-state index contributed by atoms with van der Waals surface area (Å²) in [6, 6.07) is 23.0. The third kappa shape index (κ3) is 5.02. The molecule has 0 saturated heterocycles. The average molecular weight is 427 g/mol. The molecule has 7 nitrogen and oxygen atoms in total. The Morgan fingerprint density at radius 3 is 2.47 bits per heavy atom. The summed E-state index contributed by atoms with van der Waals surface area (Å²) in [4.78, 5) is 29.1. The summed E-state index contributed by atoms with van der Waals surface area (Å²) in [5, 5.41) is 6.58. The first-order valence-corrected chi connectivity index (χ1v) is 9.94. The number of nitrogens with zero attached hydrogens (tertiary/aromatic N) is 1. The molecule has 160 valence electrons. The van der Waals surface area contributed by atoms with E-state index >= 15 is 0 Å². The van der Waals surface area contributed by atoms with Crippen LogP contribution in [-0.4, -0.2) is 30.5 Å². The maximum atomic E-state index is 12.6. The van der Waals surface area contributed by atoms with Gasteiger partial charge in [-0.25, -0.2) is 0 Å². The monoisotopic (exact) mass is 427 g/mol. The lowest BCUT2D eigenvalue weighted by Crippen LogP contribution is -2.20. The highest BCUT2D eigenvalue weighted by Crippen LogP contribution is 2.22. The Morgan fingerprint density at radius 1 is 0.875 bits per heavy atom. The van der Waals surface area contributed by atoms with E-state index in [1.165, 1.54) is 0 Å². The van der Waals surface area contributed by atoms with E-state index in [4.69, 9.17) is 9.47 Å². The van der Waals surface area contributed by atoms with Gasteiger partial charge in [0, 0.05) is 28.9 Å². The highest BCUT2D eigenvalue weighted by Gasteiger charge is 2.10. The highest BCUT2D eigenvalue weighted by molar-refractivity contribution is 6.08. The van der Waals surface area contributed by atoms with E-state index in [1.807, 2.05) is 30.3 Å². The van der Waals surface area contributed by atoms with Gasteiger partial charge in [-0.15, -0.1) is 0 Å². The fourth-order valence-electron chi connectivity index (χ4n) is 3.15. The molecule has 0 radical (unpaired) electrons. The minimum Gasteiger partial charge on any atom is -0.497 e. The third-order valence-electron chi connectivity index (χ3n) is 4.72. The number of carbonyl (C=O) groups is 2. The summed E-state index contributed by atoms with van der Waals surface area (Å²) >= 11 is 0. The van der Waals surface area contributed by atoms with E-state index in [2.05, 4.69) is 15.6 Å². The molecule has 3 aromatic carbocycles. The molecule has 0 bridgehead atoms. The number of anilines is 2. The van der Waals surface area contributed by atoms with Crippen molar-refractivity contribution in [2.75, 3.05) is 24.4 Å². The van der Waals surface area contributed by atoms with Crippen molar-refractivity contribution >= 4 is 34.1 Å². The van der Waals surface area contributed by atoms with Gasteiger partial charge in [0.05, 0.1) is 18.3 Å². The number of carbonyl (C=O) groups excluding carboxylic acids is 2. The van der Waals surface area contributed by atoms with Crippen LogP contribution < -0.4 is 20.1 Å². The Morgan fingerprint density at radius 2 is 1.66 bits per heavy atom. The predicted molar refractivity (Wildman–Crippen MR) is 123 cm³/mol. The summed E-state index contributed by atoms with van der Waals surface area (Å²) < 4.78 is 10.7. The number of hydrogen-bond donors (Lipinski definition) is 2. The molecule has 32 heavy (non-hydrogen) atoms. The third-order valence-corrected chi connectivity index (χ3v) is 4.72. The maximum absolute atomic E-state index is 12.6. The molecule has 0 aliphatic rings. The number of ether oxygens (including phenoxy) is 2. The van der Waals surface area contributed by atoms with E-state index in [-0.39, 0.29) is 18.4 Å². The number of pyridine rings is 1. The van der Waals surface area contributed by atoms with E-state index in [0.29, 0.717) is 28.4 Å². The average Bonchev–Trinajstić information content (AvgIpc) is 2.83. The van der Waals surface area contributed by atoms with Gasteiger partial charge in [0.2, 0.25) is 0 Å². The number of hydrogen-bond acceptors (Lipinski definition) is 5. The topological polar surface area (TPSA) is 89.5 Å². The summed E-state index contributed by atoms with van der Waals surface area (Å²) in [6.45, 7) is -0.162. The minimum atomic E-state index is -0.302. The van der Waals surface area contributed by atoms with Crippen molar-refractivity contribution in [3.8, 4) is 11.5 Å². The Kier molecular flexibility index (Phi) is 6.27. The van der Waals surface area contributed by atoms with Gasteiger partial charge in [-0.1, -0.05) is 24.3 Å². The van der Waals surface area contributed by atoms with Crippen LogP contribution in [0.3, 0.4) is 0 Å². The lowest BCUT2D eigenvalue weighted by molar-refractivity contribution is -0.118. The van der Waals surface area contributed by atoms with Crippen molar-refractivity contribution in [2.45, 2.75) is 0 Å².